The topological polar surface area (TPSA) is 26.3 Å². The summed E-state index contributed by atoms with van der Waals surface area (Å²) in [6.07, 6.45) is 0. The lowest BCUT2D eigenvalue weighted by atomic mass is 9.85. The van der Waals surface area contributed by atoms with Crippen molar-refractivity contribution in [1.82, 2.24) is 0 Å². The number of carbonyl (C=O) groups is 1. The predicted octanol–water partition coefficient (Wildman–Crippen LogP) is 7.56. The van der Waals surface area contributed by atoms with E-state index in [2.05, 4.69) is 79.7 Å². The van der Waals surface area contributed by atoms with Crippen LogP contribution in [0.1, 0.15) is 12.5 Å². The van der Waals surface area contributed by atoms with E-state index in [1.54, 1.807) is 0 Å². The molecule has 0 fully saturated rings. The molecule has 0 aliphatic rings. The Morgan fingerprint density at radius 1 is 0.645 bits per heavy atom. The largest absolute Gasteiger partial charge is 0.426 e. The monoisotopic (exact) mass is 402 g/mol. The third kappa shape index (κ3) is 3.36. The number of esters is 1. The van der Waals surface area contributed by atoms with Gasteiger partial charge in [-0.15, -0.1) is 0 Å². The van der Waals surface area contributed by atoms with E-state index in [9.17, 15) is 4.79 Å². The number of benzene rings is 5. The molecule has 0 N–H and O–H groups in total. The van der Waals surface area contributed by atoms with Crippen LogP contribution in [0.3, 0.4) is 0 Å². The van der Waals surface area contributed by atoms with Crippen LogP contribution in [0.4, 0.5) is 0 Å². The Bertz CT molecular complexity index is 1440. The SMILES string of the molecule is CC(=O)Oc1cc2ccccc2c(-c2cccc3ccccc23)c1-c1ccccc1C. The Labute approximate surface area is 181 Å². The zero-order valence-corrected chi connectivity index (χ0v) is 17.6. The van der Waals surface area contributed by atoms with Crippen molar-refractivity contribution in [3.63, 3.8) is 0 Å². The first-order valence-corrected chi connectivity index (χ1v) is 10.4. The van der Waals surface area contributed by atoms with Crippen molar-refractivity contribution in [3.05, 3.63) is 103 Å². The molecule has 2 nitrogen and oxygen atoms in total. The summed E-state index contributed by atoms with van der Waals surface area (Å²) in [7, 11) is 0. The van der Waals surface area contributed by atoms with Crippen molar-refractivity contribution >= 4 is 27.5 Å². The van der Waals surface area contributed by atoms with Crippen LogP contribution in [0.2, 0.25) is 0 Å². The van der Waals surface area contributed by atoms with Crippen LogP contribution in [-0.2, 0) is 4.79 Å². The highest BCUT2D eigenvalue weighted by Crippen LogP contribution is 2.47. The Morgan fingerprint density at radius 3 is 2.03 bits per heavy atom. The second-order valence-corrected chi connectivity index (χ2v) is 7.78. The standard InChI is InChI=1S/C29H22O2/c1-19-10-3-6-14-23(19)29-27(31-20(2)30)18-22-12-5-8-16-25(22)28(29)26-17-9-13-21-11-4-7-15-24(21)26/h3-18H,1-2H3. The van der Waals surface area contributed by atoms with Crippen LogP contribution in [0, 0.1) is 6.92 Å². The minimum atomic E-state index is -0.325. The highest BCUT2D eigenvalue weighted by molar-refractivity contribution is 6.12. The number of hydrogen-bond acceptors (Lipinski definition) is 2. The van der Waals surface area contributed by atoms with Gasteiger partial charge in [0.15, 0.2) is 0 Å². The van der Waals surface area contributed by atoms with Gasteiger partial charge in [-0.25, -0.2) is 0 Å². The summed E-state index contributed by atoms with van der Waals surface area (Å²) in [5.41, 5.74) is 5.35. The summed E-state index contributed by atoms with van der Waals surface area (Å²) in [4.78, 5) is 12.1. The fraction of sp³-hybridized carbons (Fsp3) is 0.0690. The van der Waals surface area contributed by atoms with E-state index in [1.807, 2.05) is 24.3 Å². The van der Waals surface area contributed by atoms with Crippen molar-refractivity contribution in [3.8, 4) is 28.0 Å². The minimum absolute atomic E-state index is 0.325. The van der Waals surface area contributed by atoms with E-state index in [0.29, 0.717) is 5.75 Å². The van der Waals surface area contributed by atoms with Crippen molar-refractivity contribution < 1.29 is 9.53 Å². The number of aryl methyl sites for hydroxylation is 1. The van der Waals surface area contributed by atoms with Crippen molar-refractivity contribution in [2.24, 2.45) is 0 Å². The Morgan fingerprint density at radius 2 is 1.26 bits per heavy atom. The molecule has 0 unspecified atom stereocenters. The summed E-state index contributed by atoms with van der Waals surface area (Å²) in [6.45, 7) is 3.55. The average Bonchev–Trinajstić information content (AvgIpc) is 2.78. The van der Waals surface area contributed by atoms with E-state index in [0.717, 1.165) is 38.6 Å². The Hall–Kier alpha value is -3.91. The molecule has 0 saturated heterocycles. The molecule has 0 atom stereocenters. The van der Waals surface area contributed by atoms with Gasteiger partial charge >= 0.3 is 5.97 Å². The van der Waals surface area contributed by atoms with Gasteiger partial charge in [-0.1, -0.05) is 91.0 Å². The quantitative estimate of drug-likeness (QED) is 0.230. The molecule has 150 valence electrons. The molecule has 5 aromatic rings. The van der Waals surface area contributed by atoms with Gasteiger partial charge in [0.1, 0.15) is 5.75 Å². The Balaban J connectivity index is 2.00. The fourth-order valence-electron chi connectivity index (χ4n) is 4.40. The van der Waals surface area contributed by atoms with Crippen LogP contribution < -0.4 is 4.74 Å². The van der Waals surface area contributed by atoms with Gasteiger partial charge in [0.05, 0.1) is 0 Å². The lowest BCUT2D eigenvalue weighted by Crippen LogP contribution is -2.04. The third-order valence-electron chi connectivity index (χ3n) is 5.74. The summed E-state index contributed by atoms with van der Waals surface area (Å²) in [6, 6.07) is 33.3. The summed E-state index contributed by atoms with van der Waals surface area (Å²) in [5.74, 6) is 0.261. The lowest BCUT2D eigenvalue weighted by molar-refractivity contribution is -0.131. The smallest absolute Gasteiger partial charge is 0.308 e. The van der Waals surface area contributed by atoms with Crippen molar-refractivity contribution in [2.45, 2.75) is 13.8 Å². The number of ether oxygens (including phenoxy) is 1. The van der Waals surface area contributed by atoms with Gasteiger partial charge in [-0.3, -0.25) is 4.79 Å². The zero-order valence-electron chi connectivity index (χ0n) is 17.6. The van der Waals surface area contributed by atoms with Gasteiger partial charge in [-0.05, 0) is 51.2 Å². The molecule has 0 aliphatic carbocycles. The normalized spacial score (nSPS) is 11.0. The maximum Gasteiger partial charge on any atom is 0.308 e. The van der Waals surface area contributed by atoms with Gasteiger partial charge < -0.3 is 4.74 Å². The highest BCUT2D eigenvalue weighted by Gasteiger charge is 2.21. The minimum Gasteiger partial charge on any atom is -0.426 e. The highest BCUT2D eigenvalue weighted by atomic mass is 16.5. The predicted molar refractivity (Wildman–Crippen MR) is 128 cm³/mol. The first-order valence-electron chi connectivity index (χ1n) is 10.4. The molecule has 0 aromatic heterocycles. The lowest BCUT2D eigenvalue weighted by Gasteiger charge is -2.20. The molecule has 0 spiro atoms. The van der Waals surface area contributed by atoms with E-state index in [4.69, 9.17) is 4.74 Å². The van der Waals surface area contributed by atoms with Gasteiger partial charge in [0.2, 0.25) is 0 Å². The molecule has 2 heteroatoms. The molecule has 0 heterocycles. The molecule has 0 saturated carbocycles. The maximum absolute atomic E-state index is 12.1. The van der Waals surface area contributed by atoms with Crippen LogP contribution >= 0.6 is 0 Å². The zero-order chi connectivity index (χ0) is 21.4. The fourth-order valence-corrected chi connectivity index (χ4v) is 4.40. The molecule has 5 aromatic carbocycles. The van der Waals surface area contributed by atoms with E-state index < -0.39 is 0 Å². The number of rotatable bonds is 3. The maximum atomic E-state index is 12.1. The summed E-state index contributed by atoms with van der Waals surface area (Å²) < 4.78 is 5.80. The average molecular weight is 402 g/mol. The van der Waals surface area contributed by atoms with Gasteiger partial charge in [0, 0.05) is 18.1 Å². The summed E-state index contributed by atoms with van der Waals surface area (Å²) >= 11 is 0. The number of fused-ring (bicyclic) bond motifs is 2. The van der Waals surface area contributed by atoms with Crippen LogP contribution in [0.15, 0.2) is 97.1 Å². The molecule has 5 rings (SSSR count). The number of carbonyl (C=O) groups excluding carboxylic acids is 1. The number of hydrogen-bond donors (Lipinski definition) is 0. The molecule has 0 bridgehead atoms. The first kappa shape index (κ1) is 19.1. The van der Waals surface area contributed by atoms with Gasteiger partial charge in [-0.2, -0.15) is 0 Å². The first-order chi connectivity index (χ1) is 15.1. The third-order valence-corrected chi connectivity index (χ3v) is 5.74. The molecular weight excluding hydrogens is 380 g/mol. The summed E-state index contributed by atoms with van der Waals surface area (Å²) in [5, 5.41) is 4.52. The van der Waals surface area contributed by atoms with Gasteiger partial charge in [0.25, 0.3) is 0 Å². The van der Waals surface area contributed by atoms with E-state index in [-0.39, 0.29) is 5.97 Å². The molecule has 0 amide bonds. The van der Waals surface area contributed by atoms with Crippen LogP contribution in [-0.4, -0.2) is 5.97 Å². The Kier molecular flexibility index (Phi) is 4.76. The van der Waals surface area contributed by atoms with Crippen molar-refractivity contribution in [1.29, 1.82) is 0 Å². The molecular formula is C29H22O2. The second kappa shape index (κ2) is 7.73. The molecule has 0 radical (unpaired) electrons. The molecule has 31 heavy (non-hydrogen) atoms. The van der Waals surface area contributed by atoms with Crippen LogP contribution in [0.25, 0.3) is 43.8 Å². The van der Waals surface area contributed by atoms with Crippen LogP contribution in [0.5, 0.6) is 5.75 Å². The van der Waals surface area contributed by atoms with Crippen molar-refractivity contribution in [2.75, 3.05) is 0 Å². The second-order valence-electron chi connectivity index (χ2n) is 7.78. The van der Waals surface area contributed by atoms with E-state index >= 15 is 0 Å². The van der Waals surface area contributed by atoms with E-state index in [1.165, 1.54) is 17.7 Å². The molecule has 0 aliphatic heterocycles.